The van der Waals surface area contributed by atoms with E-state index in [0.29, 0.717) is 5.56 Å². The highest BCUT2D eigenvalue weighted by molar-refractivity contribution is 5.96. The monoisotopic (exact) mass is 364 g/mol. The summed E-state index contributed by atoms with van der Waals surface area (Å²) >= 11 is 0. The largest absolute Gasteiger partial charge is 0.378 e. The summed E-state index contributed by atoms with van der Waals surface area (Å²) in [5.74, 6) is -0.553. The first-order valence-corrected chi connectivity index (χ1v) is 8.37. The van der Waals surface area contributed by atoms with Crippen LogP contribution in [0.25, 0.3) is 0 Å². The summed E-state index contributed by atoms with van der Waals surface area (Å²) in [6, 6.07) is 20.5. The summed E-state index contributed by atoms with van der Waals surface area (Å²) in [6.45, 7) is 0. The molecule has 6 heteroatoms. The van der Waals surface area contributed by atoms with Gasteiger partial charge in [0.05, 0.1) is 11.0 Å². The minimum atomic E-state index is -0.465. The fourth-order valence-electron chi connectivity index (χ4n) is 2.76. The van der Waals surface area contributed by atoms with Crippen molar-refractivity contribution < 1.29 is 14.1 Å². The smallest absolute Gasteiger partial charge is 0.269 e. The molecular weight excluding hydrogens is 347 g/mol. The molecule has 3 aromatic rings. The molecule has 0 aromatic heterocycles. The van der Waals surface area contributed by atoms with Crippen molar-refractivity contribution in [3.8, 4) is 0 Å². The van der Waals surface area contributed by atoms with E-state index < -0.39 is 10.7 Å². The number of hydrogen-bond donors (Lipinski definition) is 1. The molecule has 1 N–H and O–H groups in total. The van der Waals surface area contributed by atoms with Gasteiger partial charge in [0.2, 0.25) is 0 Å². The lowest BCUT2D eigenvalue weighted by Crippen LogP contribution is -2.16. The molecule has 0 spiro atoms. The molecule has 0 fully saturated rings. The van der Waals surface area contributed by atoms with Crippen LogP contribution in [0.2, 0.25) is 0 Å². The average Bonchev–Trinajstić information content (AvgIpc) is 2.69. The Balaban J connectivity index is 1.85. The van der Waals surface area contributed by atoms with Crippen LogP contribution in [0.3, 0.4) is 0 Å². The molecule has 0 radical (unpaired) electrons. The van der Waals surface area contributed by atoms with Crippen molar-refractivity contribution >= 4 is 17.2 Å². The minimum Gasteiger partial charge on any atom is -0.378 e. The van der Waals surface area contributed by atoms with Crippen LogP contribution in [-0.4, -0.2) is 10.7 Å². The number of para-hydroxylation sites is 1. The molecule has 5 nitrogen and oxygen atoms in total. The quantitative estimate of drug-likeness (QED) is 0.357. The van der Waals surface area contributed by atoms with Gasteiger partial charge in [0, 0.05) is 29.8 Å². The van der Waals surface area contributed by atoms with Gasteiger partial charge in [-0.25, -0.2) is 4.39 Å². The van der Waals surface area contributed by atoms with Gasteiger partial charge in [0.15, 0.2) is 5.78 Å². The lowest BCUT2D eigenvalue weighted by Gasteiger charge is -2.20. The van der Waals surface area contributed by atoms with Crippen LogP contribution in [0.15, 0.2) is 78.9 Å². The maximum atomic E-state index is 13.1. The number of Topliss-reactive ketones (excluding diaryl/α,β-unsaturated/α-hetero) is 1. The van der Waals surface area contributed by atoms with Crippen molar-refractivity contribution in [3.05, 3.63) is 106 Å². The maximum absolute atomic E-state index is 13.1. The molecule has 1 unspecified atom stereocenters. The number of nitro groups is 1. The van der Waals surface area contributed by atoms with E-state index in [9.17, 15) is 19.3 Å². The van der Waals surface area contributed by atoms with Crippen molar-refractivity contribution in [3.63, 3.8) is 0 Å². The van der Waals surface area contributed by atoms with E-state index in [-0.39, 0.29) is 23.9 Å². The molecule has 0 saturated carbocycles. The first-order chi connectivity index (χ1) is 13.0. The number of carbonyl (C=O) groups is 1. The van der Waals surface area contributed by atoms with Gasteiger partial charge in [-0.1, -0.05) is 30.3 Å². The predicted molar refractivity (Wildman–Crippen MR) is 101 cm³/mol. The van der Waals surface area contributed by atoms with Crippen LogP contribution < -0.4 is 5.32 Å². The summed E-state index contributed by atoms with van der Waals surface area (Å²) in [4.78, 5) is 23.0. The van der Waals surface area contributed by atoms with Crippen molar-refractivity contribution in [1.82, 2.24) is 0 Å². The number of nitrogens with one attached hydrogen (secondary N) is 1. The molecule has 1 atom stereocenters. The highest BCUT2D eigenvalue weighted by Gasteiger charge is 2.18. The zero-order valence-corrected chi connectivity index (χ0v) is 14.3. The van der Waals surface area contributed by atoms with E-state index in [1.807, 2.05) is 30.3 Å². The van der Waals surface area contributed by atoms with Crippen LogP contribution in [0.1, 0.15) is 28.4 Å². The number of benzene rings is 3. The SMILES string of the molecule is O=C(CC(Nc1ccccc1)c1ccc([N+](=O)[O-])cc1)c1ccc(F)cc1. The molecule has 3 rings (SSSR count). The van der Waals surface area contributed by atoms with Crippen LogP contribution in [-0.2, 0) is 0 Å². The summed E-state index contributed by atoms with van der Waals surface area (Å²) in [6.07, 6.45) is 0.123. The number of nitrogens with zero attached hydrogens (tertiary/aromatic N) is 1. The number of anilines is 1. The number of non-ortho nitro benzene ring substituents is 1. The topological polar surface area (TPSA) is 72.2 Å². The summed E-state index contributed by atoms with van der Waals surface area (Å²) < 4.78 is 13.1. The highest BCUT2D eigenvalue weighted by atomic mass is 19.1. The Morgan fingerprint density at radius 3 is 2.19 bits per heavy atom. The molecule has 27 heavy (non-hydrogen) atoms. The van der Waals surface area contributed by atoms with Gasteiger partial charge in [-0.05, 0) is 42.0 Å². The summed E-state index contributed by atoms with van der Waals surface area (Å²) in [7, 11) is 0. The molecule has 0 amide bonds. The first kappa shape index (κ1) is 18.3. The third-order valence-corrected chi connectivity index (χ3v) is 4.18. The number of rotatable bonds is 7. The van der Waals surface area contributed by atoms with Gasteiger partial charge in [-0.2, -0.15) is 0 Å². The fraction of sp³-hybridized carbons (Fsp3) is 0.0952. The number of nitro benzene ring substituents is 1. The van der Waals surface area contributed by atoms with E-state index in [1.165, 1.54) is 36.4 Å². The third kappa shape index (κ3) is 4.76. The first-order valence-electron chi connectivity index (χ1n) is 8.37. The van der Waals surface area contributed by atoms with Crippen molar-refractivity contribution in [2.75, 3.05) is 5.32 Å². The number of halogens is 1. The van der Waals surface area contributed by atoms with Crippen molar-refractivity contribution in [2.24, 2.45) is 0 Å². The Hall–Kier alpha value is -3.54. The third-order valence-electron chi connectivity index (χ3n) is 4.18. The Morgan fingerprint density at radius 2 is 1.59 bits per heavy atom. The minimum absolute atomic E-state index is 0.0120. The van der Waals surface area contributed by atoms with Crippen LogP contribution in [0.4, 0.5) is 15.8 Å². The second kappa shape index (κ2) is 8.23. The fourth-order valence-corrected chi connectivity index (χ4v) is 2.76. The number of hydrogen-bond acceptors (Lipinski definition) is 4. The van der Waals surface area contributed by atoms with Gasteiger partial charge in [0.25, 0.3) is 5.69 Å². The predicted octanol–water partition coefficient (Wildman–Crippen LogP) is 5.16. The molecule has 0 heterocycles. The highest BCUT2D eigenvalue weighted by Crippen LogP contribution is 2.26. The lowest BCUT2D eigenvalue weighted by atomic mass is 9.97. The second-order valence-corrected chi connectivity index (χ2v) is 6.05. The van der Waals surface area contributed by atoms with Gasteiger partial charge in [0.1, 0.15) is 5.82 Å². The van der Waals surface area contributed by atoms with Crippen molar-refractivity contribution in [2.45, 2.75) is 12.5 Å². The van der Waals surface area contributed by atoms with Gasteiger partial charge < -0.3 is 5.32 Å². The molecule has 0 aliphatic rings. The van der Waals surface area contributed by atoms with E-state index >= 15 is 0 Å². The Labute approximate surface area is 155 Å². The molecule has 0 saturated heterocycles. The Bertz CT molecular complexity index is 926. The zero-order chi connectivity index (χ0) is 19.2. The Kier molecular flexibility index (Phi) is 5.56. The van der Waals surface area contributed by atoms with Crippen LogP contribution in [0.5, 0.6) is 0 Å². The number of ketones is 1. The van der Waals surface area contributed by atoms with Crippen molar-refractivity contribution in [1.29, 1.82) is 0 Å². The standard InChI is InChI=1S/C21H17FN2O3/c22-17-10-6-16(7-11-17)21(25)14-20(23-18-4-2-1-3-5-18)15-8-12-19(13-9-15)24(26)27/h1-13,20,23H,14H2. The van der Waals surface area contributed by atoms with E-state index in [1.54, 1.807) is 12.1 Å². The summed E-state index contributed by atoms with van der Waals surface area (Å²) in [5, 5.41) is 14.2. The Morgan fingerprint density at radius 1 is 0.963 bits per heavy atom. The average molecular weight is 364 g/mol. The van der Waals surface area contributed by atoms with E-state index in [4.69, 9.17) is 0 Å². The number of carbonyl (C=O) groups excluding carboxylic acids is 1. The van der Waals surface area contributed by atoms with Crippen LogP contribution >= 0.6 is 0 Å². The van der Waals surface area contributed by atoms with E-state index in [0.717, 1.165) is 11.3 Å². The molecule has 0 bridgehead atoms. The summed E-state index contributed by atoms with van der Waals surface area (Å²) in [5.41, 5.74) is 1.98. The van der Waals surface area contributed by atoms with Gasteiger partial charge in [-0.15, -0.1) is 0 Å². The van der Waals surface area contributed by atoms with Gasteiger partial charge >= 0.3 is 0 Å². The normalized spacial score (nSPS) is 11.6. The molecule has 3 aromatic carbocycles. The maximum Gasteiger partial charge on any atom is 0.269 e. The van der Waals surface area contributed by atoms with Gasteiger partial charge in [-0.3, -0.25) is 14.9 Å². The zero-order valence-electron chi connectivity index (χ0n) is 14.3. The second-order valence-electron chi connectivity index (χ2n) is 6.05. The van der Waals surface area contributed by atoms with Crippen LogP contribution in [0, 0.1) is 15.9 Å². The molecule has 0 aliphatic heterocycles. The lowest BCUT2D eigenvalue weighted by molar-refractivity contribution is -0.384. The molecular formula is C21H17FN2O3. The molecule has 136 valence electrons. The molecule has 0 aliphatic carbocycles. The van der Waals surface area contributed by atoms with E-state index in [2.05, 4.69) is 5.32 Å².